The molecule has 114 valence electrons. The van der Waals surface area contributed by atoms with Gasteiger partial charge in [0, 0.05) is 43.3 Å². The van der Waals surface area contributed by atoms with Crippen LogP contribution in [0.1, 0.15) is 23.9 Å². The smallest absolute Gasteiger partial charge is 0.152 e. The second kappa shape index (κ2) is 5.49. The molecule has 0 saturated heterocycles. The fraction of sp³-hybridized carbons (Fsp3) is 0.333. The third-order valence-electron chi connectivity index (χ3n) is 3.94. The van der Waals surface area contributed by atoms with Gasteiger partial charge in [-0.3, -0.25) is 0 Å². The van der Waals surface area contributed by atoms with Gasteiger partial charge < -0.3 is 20.1 Å². The van der Waals surface area contributed by atoms with Crippen LogP contribution in [0.25, 0.3) is 12.3 Å². The topological polar surface area (TPSA) is 58.0 Å². The van der Waals surface area contributed by atoms with Crippen LogP contribution >= 0.6 is 11.3 Å². The molecule has 2 aliphatic rings. The van der Waals surface area contributed by atoms with Crippen molar-refractivity contribution >= 4 is 23.6 Å². The molecule has 0 aromatic carbocycles. The summed E-state index contributed by atoms with van der Waals surface area (Å²) in [5.41, 5.74) is 0. The van der Waals surface area contributed by atoms with E-state index in [0.29, 0.717) is 0 Å². The van der Waals surface area contributed by atoms with Crippen molar-refractivity contribution in [1.29, 1.82) is 0 Å². The lowest BCUT2D eigenvalue weighted by molar-refractivity contribution is 0.265. The van der Waals surface area contributed by atoms with Gasteiger partial charge in [-0.1, -0.05) is 0 Å². The largest absolute Gasteiger partial charge is 0.386 e. The van der Waals surface area contributed by atoms with E-state index in [1.807, 2.05) is 17.8 Å². The highest BCUT2D eigenvalue weighted by Gasteiger charge is 2.24. The first-order valence-corrected chi connectivity index (χ1v) is 8.32. The highest BCUT2D eigenvalue weighted by molar-refractivity contribution is 7.09. The first-order valence-electron chi connectivity index (χ1n) is 7.44. The lowest BCUT2D eigenvalue weighted by atomic mass is 10.4. The van der Waals surface area contributed by atoms with Crippen LogP contribution < -0.4 is 21.3 Å². The monoisotopic (exact) mass is 314 g/mol. The van der Waals surface area contributed by atoms with Crippen LogP contribution in [0.5, 0.6) is 0 Å². The molecular formula is C15H18N6S. The molecule has 2 aliphatic heterocycles. The molecule has 1 atom stereocenters. The summed E-state index contributed by atoms with van der Waals surface area (Å²) in [6.07, 6.45) is 10.2. The maximum atomic E-state index is 4.82. The molecule has 1 unspecified atom stereocenters. The summed E-state index contributed by atoms with van der Waals surface area (Å²) < 4.78 is 2.27. The molecule has 0 aliphatic carbocycles. The summed E-state index contributed by atoms with van der Waals surface area (Å²) >= 11 is 1.67. The third-order valence-corrected chi connectivity index (χ3v) is 4.77. The van der Waals surface area contributed by atoms with Gasteiger partial charge in [-0.2, -0.15) is 0 Å². The van der Waals surface area contributed by atoms with E-state index >= 15 is 0 Å². The van der Waals surface area contributed by atoms with Gasteiger partial charge in [0.1, 0.15) is 10.8 Å². The van der Waals surface area contributed by atoms with Crippen molar-refractivity contribution in [2.24, 2.45) is 0 Å². The van der Waals surface area contributed by atoms with E-state index < -0.39 is 0 Å². The molecule has 0 bridgehead atoms. The maximum absolute atomic E-state index is 4.82. The quantitative estimate of drug-likeness (QED) is 0.836. The standard InChI is InChI=1S/C15H18N6S/c1-2-21-12-9-16-4-3-11(12)19-13(21)10-20-7-5-17-14(20)15-18-6-8-22-15/h3,5-9,14,16-17H,2,4,10H2,1H3. The van der Waals surface area contributed by atoms with Crippen LogP contribution in [-0.2, 0) is 13.1 Å². The van der Waals surface area contributed by atoms with Crippen molar-refractivity contribution < 1.29 is 0 Å². The molecule has 4 heterocycles. The fourth-order valence-electron chi connectivity index (χ4n) is 2.92. The molecule has 2 aromatic heterocycles. The van der Waals surface area contributed by atoms with Gasteiger partial charge in [0.05, 0.1) is 17.2 Å². The SMILES string of the molecule is CCn1c(CN2C=CNC2c2nccs2)nc2c1=CNCC=2. The van der Waals surface area contributed by atoms with E-state index in [0.717, 1.165) is 35.8 Å². The van der Waals surface area contributed by atoms with E-state index in [2.05, 4.69) is 50.5 Å². The first-order chi connectivity index (χ1) is 10.9. The average molecular weight is 314 g/mol. The Morgan fingerprint density at radius 1 is 1.45 bits per heavy atom. The van der Waals surface area contributed by atoms with Gasteiger partial charge in [0.25, 0.3) is 0 Å². The number of aromatic nitrogens is 3. The van der Waals surface area contributed by atoms with E-state index in [4.69, 9.17) is 4.98 Å². The summed E-state index contributed by atoms with van der Waals surface area (Å²) in [5.74, 6) is 1.08. The Hall–Kier alpha value is -2.28. The number of hydrogen-bond acceptors (Lipinski definition) is 6. The van der Waals surface area contributed by atoms with Gasteiger partial charge in [-0.15, -0.1) is 11.3 Å². The van der Waals surface area contributed by atoms with Crippen molar-refractivity contribution in [2.75, 3.05) is 6.54 Å². The Labute approximate surface area is 132 Å². The second-order valence-corrected chi connectivity index (χ2v) is 6.15. The van der Waals surface area contributed by atoms with Gasteiger partial charge in [0.15, 0.2) is 6.17 Å². The van der Waals surface area contributed by atoms with E-state index in [1.54, 1.807) is 11.3 Å². The van der Waals surface area contributed by atoms with Crippen LogP contribution in [0.4, 0.5) is 0 Å². The molecule has 0 spiro atoms. The number of hydrogen-bond donors (Lipinski definition) is 2. The normalized spacial score (nSPS) is 19.1. The molecule has 0 saturated carbocycles. The van der Waals surface area contributed by atoms with E-state index in [-0.39, 0.29) is 6.17 Å². The Morgan fingerprint density at radius 2 is 2.41 bits per heavy atom. The lowest BCUT2D eigenvalue weighted by Crippen LogP contribution is -2.37. The molecule has 2 N–H and O–H groups in total. The summed E-state index contributed by atoms with van der Waals surface area (Å²) in [5, 5.41) is 12.0. The Kier molecular flexibility index (Phi) is 3.34. The van der Waals surface area contributed by atoms with Crippen molar-refractivity contribution in [3.8, 4) is 0 Å². The molecule has 6 nitrogen and oxygen atoms in total. The van der Waals surface area contributed by atoms with Crippen LogP contribution in [-0.4, -0.2) is 26.0 Å². The average Bonchev–Trinajstić information content (AvgIpc) is 3.26. The van der Waals surface area contributed by atoms with E-state index in [9.17, 15) is 0 Å². The minimum absolute atomic E-state index is 0.102. The Morgan fingerprint density at radius 3 is 3.23 bits per heavy atom. The fourth-order valence-corrected chi connectivity index (χ4v) is 3.64. The molecule has 0 radical (unpaired) electrons. The van der Waals surface area contributed by atoms with Gasteiger partial charge in [-0.05, 0) is 13.0 Å². The summed E-state index contributed by atoms with van der Waals surface area (Å²) in [6.45, 7) is 4.68. The Balaban J connectivity index is 1.67. The highest BCUT2D eigenvalue weighted by Crippen LogP contribution is 2.25. The Bertz CT molecular complexity index is 804. The zero-order chi connectivity index (χ0) is 14.9. The zero-order valence-corrected chi connectivity index (χ0v) is 13.2. The molecule has 0 amide bonds. The molecule has 2 aromatic rings. The number of nitrogens with one attached hydrogen (secondary N) is 2. The van der Waals surface area contributed by atoms with Gasteiger partial charge in [-0.25, -0.2) is 9.97 Å². The molecule has 4 rings (SSSR count). The summed E-state index contributed by atoms with van der Waals surface area (Å²) in [4.78, 5) is 11.5. The predicted octanol–water partition coefficient (Wildman–Crippen LogP) is 0.0564. The van der Waals surface area contributed by atoms with Crippen LogP contribution in [0.2, 0.25) is 0 Å². The molecular weight excluding hydrogens is 296 g/mol. The summed E-state index contributed by atoms with van der Waals surface area (Å²) in [6, 6.07) is 0. The number of rotatable bonds is 4. The zero-order valence-electron chi connectivity index (χ0n) is 12.4. The van der Waals surface area contributed by atoms with Crippen LogP contribution in [0.3, 0.4) is 0 Å². The van der Waals surface area contributed by atoms with Crippen molar-refractivity contribution in [2.45, 2.75) is 26.2 Å². The minimum Gasteiger partial charge on any atom is -0.386 e. The van der Waals surface area contributed by atoms with Gasteiger partial charge in [0.2, 0.25) is 0 Å². The lowest BCUT2D eigenvalue weighted by Gasteiger charge is -2.23. The first kappa shape index (κ1) is 13.4. The number of thiazole rings is 1. The second-order valence-electron chi connectivity index (χ2n) is 5.23. The molecule has 7 heteroatoms. The maximum Gasteiger partial charge on any atom is 0.152 e. The van der Waals surface area contributed by atoms with E-state index in [1.165, 1.54) is 5.35 Å². The van der Waals surface area contributed by atoms with Crippen LogP contribution in [0.15, 0.2) is 24.0 Å². The number of imidazole rings is 1. The van der Waals surface area contributed by atoms with Crippen molar-refractivity contribution in [3.05, 3.63) is 45.5 Å². The van der Waals surface area contributed by atoms with Crippen LogP contribution in [0, 0.1) is 0 Å². The summed E-state index contributed by atoms with van der Waals surface area (Å²) in [7, 11) is 0. The molecule has 22 heavy (non-hydrogen) atoms. The van der Waals surface area contributed by atoms with Crippen molar-refractivity contribution in [1.82, 2.24) is 30.1 Å². The molecule has 0 fully saturated rings. The number of nitrogens with zero attached hydrogens (tertiary/aromatic N) is 4. The predicted molar refractivity (Wildman–Crippen MR) is 86.8 cm³/mol. The highest BCUT2D eigenvalue weighted by atomic mass is 32.1. The van der Waals surface area contributed by atoms with Crippen molar-refractivity contribution in [3.63, 3.8) is 0 Å². The van der Waals surface area contributed by atoms with Gasteiger partial charge >= 0.3 is 0 Å². The third kappa shape index (κ3) is 2.18. The number of fused-ring (bicyclic) bond motifs is 1. The minimum atomic E-state index is 0.102.